The Balaban J connectivity index is 1.74. The molecule has 0 saturated carbocycles. The molecule has 3 rings (SSSR count). The average molecular weight is 286 g/mol. The topological polar surface area (TPSA) is 82.2 Å². The van der Waals surface area contributed by atoms with E-state index in [-0.39, 0.29) is 18.1 Å². The third-order valence-electron chi connectivity index (χ3n) is 3.65. The van der Waals surface area contributed by atoms with Crippen LogP contribution in [0.5, 0.6) is 0 Å². The van der Waals surface area contributed by atoms with E-state index in [0.29, 0.717) is 18.0 Å². The lowest BCUT2D eigenvalue weighted by atomic mass is 10.1. The third-order valence-corrected chi connectivity index (χ3v) is 3.65. The number of nitrogens with two attached hydrogens (primary N) is 1. The summed E-state index contributed by atoms with van der Waals surface area (Å²) < 4.78 is 7.07. The second-order valence-corrected chi connectivity index (χ2v) is 5.19. The Morgan fingerprint density at radius 3 is 3.05 bits per heavy atom. The predicted octanol–water partition coefficient (Wildman–Crippen LogP) is 1.36. The summed E-state index contributed by atoms with van der Waals surface area (Å²) in [6.45, 7) is 2.65. The molecular formula is C15H18N4O2. The molecule has 0 spiro atoms. The van der Waals surface area contributed by atoms with Crippen molar-refractivity contribution in [2.24, 2.45) is 0 Å². The van der Waals surface area contributed by atoms with E-state index in [1.54, 1.807) is 16.9 Å². The quantitative estimate of drug-likeness (QED) is 0.835. The third kappa shape index (κ3) is 2.90. The van der Waals surface area contributed by atoms with Gasteiger partial charge < -0.3 is 15.8 Å². The number of carbonyl (C=O) groups excluding carboxylic acids is 1. The molecule has 3 N–H and O–H groups in total. The molecule has 1 aliphatic rings. The van der Waals surface area contributed by atoms with E-state index in [0.717, 1.165) is 12.1 Å². The number of rotatable bonds is 3. The molecule has 1 fully saturated rings. The molecule has 2 aromatic rings. The standard InChI is InChI=1S/C15H18N4O2/c1-10-13(6-8-21-10)17-15(20)14-5-7-19(18-14)12-4-2-3-11(16)9-12/h2-5,7,9-10,13H,6,8,16H2,1H3,(H,17,20). The Labute approximate surface area is 122 Å². The van der Waals surface area contributed by atoms with Crippen molar-refractivity contribution >= 4 is 11.6 Å². The van der Waals surface area contributed by atoms with Crippen LogP contribution in [0.25, 0.3) is 5.69 Å². The summed E-state index contributed by atoms with van der Waals surface area (Å²) in [5.74, 6) is -0.181. The molecule has 0 aliphatic carbocycles. The van der Waals surface area contributed by atoms with E-state index in [1.165, 1.54) is 0 Å². The monoisotopic (exact) mass is 286 g/mol. The fourth-order valence-corrected chi connectivity index (χ4v) is 2.42. The number of anilines is 1. The summed E-state index contributed by atoms with van der Waals surface area (Å²) >= 11 is 0. The number of benzene rings is 1. The van der Waals surface area contributed by atoms with E-state index in [2.05, 4.69) is 10.4 Å². The Kier molecular flexibility index (Phi) is 3.62. The van der Waals surface area contributed by atoms with Crippen molar-refractivity contribution in [3.63, 3.8) is 0 Å². The first-order valence-electron chi connectivity index (χ1n) is 6.97. The number of amides is 1. The Bertz CT molecular complexity index is 653. The SMILES string of the molecule is CC1OCCC1NC(=O)c1ccn(-c2cccc(N)c2)n1. The number of carbonyl (C=O) groups is 1. The zero-order chi connectivity index (χ0) is 14.8. The summed E-state index contributed by atoms with van der Waals surface area (Å²) in [7, 11) is 0. The first kappa shape index (κ1) is 13.6. The smallest absolute Gasteiger partial charge is 0.272 e. The van der Waals surface area contributed by atoms with Gasteiger partial charge in [-0.05, 0) is 37.6 Å². The molecule has 1 saturated heterocycles. The molecule has 1 aromatic heterocycles. The highest BCUT2D eigenvalue weighted by atomic mass is 16.5. The minimum Gasteiger partial charge on any atom is -0.399 e. The zero-order valence-electron chi connectivity index (χ0n) is 11.8. The maximum absolute atomic E-state index is 12.2. The van der Waals surface area contributed by atoms with E-state index < -0.39 is 0 Å². The minimum absolute atomic E-state index is 0.0463. The van der Waals surface area contributed by atoms with Crippen LogP contribution in [-0.2, 0) is 4.74 Å². The van der Waals surface area contributed by atoms with Gasteiger partial charge in [0, 0.05) is 18.5 Å². The van der Waals surface area contributed by atoms with E-state index in [9.17, 15) is 4.79 Å². The van der Waals surface area contributed by atoms with Crippen molar-refractivity contribution in [3.8, 4) is 5.69 Å². The fraction of sp³-hybridized carbons (Fsp3) is 0.333. The van der Waals surface area contributed by atoms with Gasteiger partial charge in [0.25, 0.3) is 5.91 Å². The van der Waals surface area contributed by atoms with Crippen molar-refractivity contribution in [2.45, 2.75) is 25.5 Å². The number of hydrogen-bond donors (Lipinski definition) is 2. The number of aromatic nitrogens is 2. The Morgan fingerprint density at radius 1 is 1.48 bits per heavy atom. The van der Waals surface area contributed by atoms with Gasteiger partial charge in [0.15, 0.2) is 5.69 Å². The summed E-state index contributed by atoms with van der Waals surface area (Å²) in [6, 6.07) is 9.10. The number of hydrogen-bond acceptors (Lipinski definition) is 4. The molecule has 0 bridgehead atoms. The van der Waals surface area contributed by atoms with E-state index in [4.69, 9.17) is 10.5 Å². The van der Waals surface area contributed by atoms with Crippen LogP contribution in [0, 0.1) is 0 Å². The van der Waals surface area contributed by atoms with Crippen LogP contribution < -0.4 is 11.1 Å². The molecule has 0 radical (unpaired) electrons. The number of nitrogen functional groups attached to an aromatic ring is 1. The van der Waals surface area contributed by atoms with Crippen LogP contribution in [0.3, 0.4) is 0 Å². The van der Waals surface area contributed by atoms with Crippen LogP contribution in [0.15, 0.2) is 36.5 Å². The van der Waals surface area contributed by atoms with Crippen LogP contribution >= 0.6 is 0 Å². The molecule has 110 valence electrons. The zero-order valence-corrected chi connectivity index (χ0v) is 11.8. The maximum atomic E-state index is 12.2. The average Bonchev–Trinajstić information content (AvgIpc) is 3.09. The molecule has 1 aromatic carbocycles. The van der Waals surface area contributed by atoms with Gasteiger partial charge in [-0.1, -0.05) is 6.07 Å². The van der Waals surface area contributed by atoms with Gasteiger partial charge >= 0.3 is 0 Å². The maximum Gasteiger partial charge on any atom is 0.272 e. The van der Waals surface area contributed by atoms with Crippen LogP contribution in [-0.4, -0.2) is 34.4 Å². The van der Waals surface area contributed by atoms with E-state index >= 15 is 0 Å². The normalized spacial score (nSPS) is 21.4. The predicted molar refractivity (Wildman–Crippen MR) is 79.3 cm³/mol. The summed E-state index contributed by atoms with van der Waals surface area (Å²) in [6.07, 6.45) is 2.63. The first-order valence-corrected chi connectivity index (χ1v) is 6.97. The molecule has 6 nitrogen and oxygen atoms in total. The Morgan fingerprint density at radius 2 is 2.33 bits per heavy atom. The van der Waals surface area contributed by atoms with Gasteiger partial charge in [0.05, 0.1) is 17.8 Å². The number of nitrogens with one attached hydrogen (secondary N) is 1. The minimum atomic E-state index is -0.181. The van der Waals surface area contributed by atoms with Gasteiger partial charge in [-0.25, -0.2) is 4.68 Å². The molecule has 2 heterocycles. The van der Waals surface area contributed by atoms with Gasteiger partial charge in [-0.15, -0.1) is 0 Å². The molecule has 1 aliphatic heterocycles. The highest BCUT2D eigenvalue weighted by Crippen LogP contribution is 2.14. The highest BCUT2D eigenvalue weighted by Gasteiger charge is 2.26. The largest absolute Gasteiger partial charge is 0.399 e. The first-order chi connectivity index (χ1) is 10.1. The van der Waals surface area contributed by atoms with E-state index in [1.807, 2.05) is 31.2 Å². The molecule has 6 heteroatoms. The summed E-state index contributed by atoms with van der Waals surface area (Å²) in [5, 5.41) is 7.25. The number of ether oxygens (including phenoxy) is 1. The second-order valence-electron chi connectivity index (χ2n) is 5.19. The molecule has 21 heavy (non-hydrogen) atoms. The van der Waals surface area contributed by atoms with Gasteiger partial charge in [-0.3, -0.25) is 4.79 Å². The van der Waals surface area contributed by atoms with Gasteiger partial charge in [0.1, 0.15) is 0 Å². The van der Waals surface area contributed by atoms with Crippen LogP contribution in [0.2, 0.25) is 0 Å². The van der Waals surface area contributed by atoms with Crippen LogP contribution in [0.1, 0.15) is 23.8 Å². The van der Waals surface area contributed by atoms with Crippen molar-refractivity contribution in [1.82, 2.24) is 15.1 Å². The fourth-order valence-electron chi connectivity index (χ4n) is 2.42. The molecule has 2 atom stereocenters. The summed E-state index contributed by atoms with van der Waals surface area (Å²) in [5.41, 5.74) is 7.62. The van der Waals surface area contributed by atoms with Crippen molar-refractivity contribution < 1.29 is 9.53 Å². The second kappa shape index (κ2) is 5.57. The summed E-state index contributed by atoms with van der Waals surface area (Å²) in [4.78, 5) is 12.2. The van der Waals surface area contributed by atoms with Crippen molar-refractivity contribution in [2.75, 3.05) is 12.3 Å². The lowest BCUT2D eigenvalue weighted by molar-refractivity contribution is 0.0861. The Hall–Kier alpha value is -2.34. The molecule has 2 unspecified atom stereocenters. The molecular weight excluding hydrogens is 268 g/mol. The molecule has 1 amide bonds. The van der Waals surface area contributed by atoms with Crippen molar-refractivity contribution in [3.05, 3.63) is 42.2 Å². The number of nitrogens with zero attached hydrogens (tertiary/aromatic N) is 2. The lowest BCUT2D eigenvalue weighted by Crippen LogP contribution is -2.39. The lowest BCUT2D eigenvalue weighted by Gasteiger charge is -2.14. The van der Waals surface area contributed by atoms with Crippen molar-refractivity contribution in [1.29, 1.82) is 0 Å². The van der Waals surface area contributed by atoms with Crippen LogP contribution in [0.4, 0.5) is 5.69 Å². The van der Waals surface area contributed by atoms with Gasteiger partial charge in [-0.2, -0.15) is 5.10 Å². The highest BCUT2D eigenvalue weighted by molar-refractivity contribution is 5.92. The van der Waals surface area contributed by atoms with Gasteiger partial charge in [0.2, 0.25) is 0 Å².